The number of fused-ring (bicyclic) bond motifs is 1. The zero-order valence-corrected chi connectivity index (χ0v) is 9.82. The number of nitrogens with one attached hydrogen (secondary N) is 1. The monoisotopic (exact) mass is 254 g/mol. The summed E-state index contributed by atoms with van der Waals surface area (Å²) in [5.74, 6) is -1.64. The summed E-state index contributed by atoms with van der Waals surface area (Å²) in [7, 11) is 0. The number of carboxylic acids is 1. The molecule has 3 rings (SSSR count). The lowest BCUT2D eigenvalue weighted by atomic mass is 9.98. The van der Waals surface area contributed by atoms with Gasteiger partial charge in [0.2, 0.25) is 0 Å². The summed E-state index contributed by atoms with van der Waals surface area (Å²) in [6.45, 7) is 0. The number of carboxylic acid groups (broad SMARTS) is 1. The van der Waals surface area contributed by atoms with Crippen LogP contribution in [0.15, 0.2) is 42.7 Å². The van der Waals surface area contributed by atoms with E-state index in [1.807, 2.05) is 6.07 Å². The summed E-state index contributed by atoms with van der Waals surface area (Å²) < 4.78 is 0. The molecule has 19 heavy (non-hydrogen) atoms. The number of nitrogens with zero attached hydrogens (tertiary/aromatic N) is 3. The fraction of sp³-hybridized carbons (Fsp3) is 0.0769. The highest BCUT2D eigenvalue weighted by molar-refractivity contribution is 5.80. The third kappa shape index (κ3) is 2.03. The number of aliphatic carboxylic acids is 1. The first kappa shape index (κ1) is 11.3. The molecule has 1 unspecified atom stereocenters. The van der Waals surface area contributed by atoms with Crippen LogP contribution in [0.4, 0.5) is 0 Å². The third-order valence-corrected chi connectivity index (χ3v) is 2.84. The lowest BCUT2D eigenvalue weighted by Crippen LogP contribution is -2.16. The Morgan fingerprint density at radius 2 is 2.05 bits per heavy atom. The zero-order valence-electron chi connectivity index (χ0n) is 9.82. The Labute approximate surface area is 108 Å². The molecule has 6 heteroatoms. The van der Waals surface area contributed by atoms with E-state index in [-0.39, 0.29) is 5.82 Å². The topological polar surface area (TPSA) is 91.8 Å². The molecule has 3 aromatic rings. The SMILES string of the molecule is O=C(O)C(c1ccccc1)c1ncc2c[nH]nc2n1. The number of benzene rings is 1. The molecule has 0 saturated carbocycles. The van der Waals surface area contributed by atoms with E-state index in [9.17, 15) is 9.90 Å². The Bertz CT molecular complexity index is 724. The molecule has 1 aromatic carbocycles. The van der Waals surface area contributed by atoms with Crippen LogP contribution in [0.3, 0.4) is 0 Å². The molecule has 0 aliphatic rings. The molecule has 94 valence electrons. The van der Waals surface area contributed by atoms with Crippen LogP contribution >= 0.6 is 0 Å². The van der Waals surface area contributed by atoms with E-state index in [0.717, 1.165) is 5.39 Å². The van der Waals surface area contributed by atoms with Crippen molar-refractivity contribution in [1.82, 2.24) is 20.2 Å². The lowest BCUT2D eigenvalue weighted by Gasteiger charge is -2.10. The van der Waals surface area contributed by atoms with Crippen LogP contribution in [-0.2, 0) is 4.79 Å². The van der Waals surface area contributed by atoms with Gasteiger partial charge in [0.1, 0.15) is 11.7 Å². The number of carbonyl (C=O) groups is 1. The fourth-order valence-electron chi connectivity index (χ4n) is 1.94. The van der Waals surface area contributed by atoms with Crippen molar-refractivity contribution in [2.75, 3.05) is 0 Å². The van der Waals surface area contributed by atoms with Gasteiger partial charge in [-0.3, -0.25) is 9.89 Å². The second-order valence-electron chi connectivity index (χ2n) is 4.07. The summed E-state index contributed by atoms with van der Waals surface area (Å²) >= 11 is 0. The Morgan fingerprint density at radius 3 is 2.79 bits per heavy atom. The fourth-order valence-corrected chi connectivity index (χ4v) is 1.94. The molecule has 0 spiro atoms. The molecule has 0 radical (unpaired) electrons. The van der Waals surface area contributed by atoms with Gasteiger partial charge in [-0.25, -0.2) is 9.97 Å². The van der Waals surface area contributed by atoms with Gasteiger partial charge in [0.15, 0.2) is 5.65 Å². The molecular weight excluding hydrogens is 244 g/mol. The smallest absolute Gasteiger partial charge is 0.318 e. The molecule has 1 atom stereocenters. The van der Waals surface area contributed by atoms with Gasteiger partial charge in [0, 0.05) is 12.4 Å². The van der Waals surface area contributed by atoms with Crippen LogP contribution in [-0.4, -0.2) is 31.2 Å². The third-order valence-electron chi connectivity index (χ3n) is 2.84. The van der Waals surface area contributed by atoms with Gasteiger partial charge >= 0.3 is 5.97 Å². The van der Waals surface area contributed by atoms with E-state index in [1.165, 1.54) is 0 Å². The van der Waals surface area contributed by atoms with E-state index >= 15 is 0 Å². The average Bonchev–Trinajstić information content (AvgIpc) is 2.87. The standard InChI is InChI=1S/C13H10N4O2/c18-13(19)10(8-4-2-1-3-5-8)12-14-6-9-7-15-17-11(9)16-12/h1-7,10H,(H,18,19)(H,14,15,16,17). The molecule has 0 amide bonds. The van der Waals surface area contributed by atoms with Crippen molar-refractivity contribution < 1.29 is 9.90 Å². The Morgan fingerprint density at radius 1 is 1.26 bits per heavy atom. The molecule has 6 nitrogen and oxygen atoms in total. The summed E-state index contributed by atoms with van der Waals surface area (Å²) in [4.78, 5) is 19.8. The largest absolute Gasteiger partial charge is 0.480 e. The number of rotatable bonds is 3. The highest BCUT2D eigenvalue weighted by Gasteiger charge is 2.25. The van der Waals surface area contributed by atoms with Gasteiger partial charge in [-0.05, 0) is 5.56 Å². The molecule has 0 fully saturated rings. The minimum absolute atomic E-state index is 0.235. The number of H-pyrrole nitrogens is 1. The maximum absolute atomic E-state index is 11.5. The van der Waals surface area contributed by atoms with Crippen molar-refractivity contribution in [1.29, 1.82) is 0 Å². The maximum Gasteiger partial charge on any atom is 0.318 e. The molecular formula is C13H10N4O2. The minimum atomic E-state index is -0.985. The second-order valence-corrected chi connectivity index (χ2v) is 4.07. The Balaban J connectivity index is 2.12. The highest BCUT2D eigenvalue weighted by atomic mass is 16.4. The number of aromatic nitrogens is 4. The van der Waals surface area contributed by atoms with Crippen molar-refractivity contribution in [3.8, 4) is 0 Å². The minimum Gasteiger partial charge on any atom is -0.480 e. The van der Waals surface area contributed by atoms with E-state index in [0.29, 0.717) is 11.2 Å². The van der Waals surface area contributed by atoms with Crippen LogP contribution < -0.4 is 0 Å². The quantitative estimate of drug-likeness (QED) is 0.740. The van der Waals surface area contributed by atoms with Gasteiger partial charge in [-0.2, -0.15) is 5.10 Å². The Hall–Kier alpha value is -2.76. The van der Waals surface area contributed by atoms with Gasteiger partial charge in [0.05, 0.1) is 5.39 Å². The normalized spacial score (nSPS) is 12.4. The van der Waals surface area contributed by atoms with E-state index < -0.39 is 11.9 Å². The first-order valence-electron chi connectivity index (χ1n) is 5.70. The van der Waals surface area contributed by atoms with Crippen molar-refractivity contribution in [2.24, 2.45) is 0 Å². The van der Waals surface area contributed by atoms with Gasteiger partial charge < -0.3 is 5.11 Å². The summed E-state index contributed by atoms with van der Waals surface area (Å²) in [5.41, 5.74) is 1.11. The molecule has 0 saturated heterocycles. The van der Waals surface area contributed by atoms with E-state index in [1.54, 1.807) is 36.7 Å². The van der Waals surface area contributed by atoms with Crippen molar-refractivity contribution >= 4 is 17.0 Å². The van der Waals surface area contributed by atoms with E-state index in [4.69, 9.17) is 0 Å². The molecule has 2 heterocycles. The van der Waals surface area contributed by atoms with Crippen LogP contribution in [0.5, 0.6) is 0 Å². The summed E-state index contributed by atoms with van der Waals surface area (Å²) in [5, 5.41) is 16.8. The predicted octanol–water partition coefficient (Wildman–Crippen LogP) is 1.57. The summed E-state index contributed by atoms with van der Waals surface area (Å²) in [6, 6.07) is 8.91. The van der Waals surface area contributed by atoms with Crippen LogP contribution in [0.2, 0.25) is 0 Å². The molecule has 0 aliphatic heterocycles. The predicted molar refractivity (Wildman–Crippen MR) is 67.6 cm³/mol. The van der Waals surface area contributed by atoms with Gasteiger partial charge in [0.25, 0.3) is 0 Å². The highest BCUT2D eigenvalue weighted by Crippen LogP contribution is 2.22. The van der Waals surface area contributed by atoms with E-state index in [2.05, 4.69) is 20.2 Å². The average molecular weight is 254 g/mol. The van der Waals surface area contributed by atoms with Crippen LogP contribution in [0.25, 0.3) is 11.0 Å². The van der Waals surface area contributed by atoms with Crippen molar-refractivity contribution in [2.45, 2.75) is 5.92 Å². The lowest BCUT2D eigenvalue weighted by molar-refractivity contribution is -0.137. The number of hydrogen-bond acceptors (Lipinski definition) is 4. The second kappa shape index (κ2) is 4.49. The van der Waals surface area contributed by atoms with Crippen LogP contribution in [0, 0.1) is 0 Å². The molecule has 0 aliphatic carbocycles. The van der Waals surface area contributed by atoms with Gasteiger partial charge in [-0.15, -0.1) is 0 Å². The first-order chi connectivity index (χ1) is 9.25. The summed E-state index contributed by atoms with van der Waals surface area (Å²) in [6.07, 6.45) is 3.23. The maximum atomic E-state index is 11.5. The Kier molecular flexibility index (Phi) is 2.68. The molecule has 2 N–H and O–H groups in total. The first-order valence-corrected chi connectivity index (χ1v) is 5.70. The number of hydrogen-bond donors (Lipinski definition) is 2. The zero-order chi connectivity index (χ0) is 13.2. The number of aromatic amines is 1. The van der Waals surface area contributed by atoms with Gasteiger partial charge in [-0.1, -0.05) is 30.3 Å². The molecule has 0 bridgehead atoms. The van der Waals surface area contributed by atoms with Crippen molar-refractivity contribution in [3.05, 3.63) is 54.1 Å². The van der Waals surface area contributed by atoms with Crippen molar-refractivity contribution in [3.63, 3.8) is 0 Å². The van der Waals surface area contributed by atoms with Crippen LogP contribution in [0.1, 0.15) is 17.3 Å². The molecule has 2 aromatic heterocycles.